The molecule has 1 aromatic carbocycles. The summed E-state index contributed by atoms with van der Waals surface area (Å²) in [5.41, 5.74) is 4.45. The van der Waals surface area contributed by atoms with Gasteiger partial charge in [-0.15, -0.1) is 0 Å². The van der Waals surface area contributed by atoms with E-state index in [4.69, 9.17) is 22.1 Å². The molecule has 0 radical (unpaired) electrons. The zero-order valence-corrected chi connectivity index (χ0v) is 12.5. The molecule has 0 aliphatic carbocycles. The summed E-state index contributed by atoms with van der Waals surface area (Å²) in [6.07, 6.45) is -5.91. The van der Waals surface area contributed by atoms with Crippen LogP contribution < -0.4 is 11.1 Å². The number of nitrogens with two attached hydrogens (primary N) is 1. The van der Waals surface area contributed by atoms with E-state index in [0.717, 1.165) is 6.07 Å². The zero-order valence-electron chi connectivity index (χ0n) is 11.7. The van der Waals surface area contributed by atoms with Gasteiger partial charge in [0.05, 0.1) is 0 Å². The fourth-order valence-electron chi connectivity index (χ4n) is 1.54. The van der Waals surface area contributed by atoms with Gasteiger partial charge in [-0.2, -0.15) is 13.2 Å². The Morgan fingerprint density at radius 1 is 1.33 bits per heavy atom. The summed E-state index contributed by atoms with van der Waals surface area (Å²) in [6.45, 7) is 4.64. The van der Waals surface area contributed by atoms with Gasteiger partial charge in [0.15, 0.2) is 6.04 Å². The molecule has 0 saturated heterocycles. The quantitative estimate of drug-likeness (QED) is 0.807. The number of alkyl halides is 3. The average molecular weight is 325 g/mol. The van der Waals surface area contributed by atoms with Crippen molar-refractivity contribution in [2.45, 2.75) is 38.6 Å². The molecule has 0 aromatic heterocycles. The van der Waals surface area contributed by atoms with Gasteiger partial charge >= 0.3 is 12.3 Å². The molecule has 1 atom stereocenters. The second kappa shape index (κ2) is 6.01. The number of alkyl carbamates (subject to hydrolysis) is 1. The molecule has 0 fully saturated rings. The van der Waals surface area contributed by atoms with E-state index in [2.05, 4.69) is 0 Å². The van der Waals surface area contributed by atoms with Crippen LogP contribution in [0.3, 0.4) is 0 Å². The van der Waals surface area contributed by atoms with Gasteiger partial charge in [0.2, 0.25) is 0 Å². The highest BCUT2D eigenvalue weighted by molar-refractivity contribution is 6.31. The Morgan fingerprint density at radius 2 is 1.90 bits per heavy atom. The molecule has 0 aliphatic rings. The fourth-order valence-corrected chi connectivity index (χ4v) is 1.84. The van der Waals surface area contributed by atoms with Gasteiger partial charge in [-0.25, -0.2) is 4.79 Å². The number of hydrogen-bond acceptors (Lipinski definition) is 3. The monoisotopic (exact) mass is 324 g/mol. The highest BCUT2D eigenvalue weighted by Gasteiger charge is 2.43. The van der Waals surface area contributed by atoms with Crippen LogP contribution in [0, 0.1) is 0 Å². The van der Waals surface area contributed by atoms with Gasteiger partial charge in [-0.3, -0.25) is 0 Å². The van der Waals surface area contributed by atoms with Gasteiger partial charge in [0, 0.05) is 16.3 Å². The lowest BCUT2D eigenvalue weighted by atomic mass is 10.1. The van der Waals surface area contributed by atoms with Crippen molar-refractivity contribution in [3.63, 3.8) is 0 Å². The molecule has 118 valence electrons. The van der Waals surface area contributed by atoms with Crippen molar-refractivity contribution in [1.29, 1.82) is 0 Å². The van der Waals surface area contributed by atoms with E-state index in [1.165, 1.54) is 12.1 Å². The lowest BCUT2D eigenvalue weighted by molar-refractivity contribution is -0.156. The van der Waals surface area contributed by atoms with Crippen molar-refractivity contribution in [1.82, 2.24) is 5.32 Å². The number of ether oxygens (including phenoxy) is 1. The molecule has 0 bridgehead atoms. The number of hydrogen-bond donors (Lipinski definition) is 2. The minimum atomic E-state index is -4.73. The third-order valence-corrected chi connectivity index (χ3v) is 2.65. The Labute approximate surface area is 125 Å². The molecule has 21 heavy (non-hydrogen) atoms. The van der Waals surface area contributed by atoms with Gasteiger partial charge in [0.25, 0.3) is 0 Å². The van der Waals surface area contributed by atoms with E-state index in [9.17, 15) is 18.0 Å². The molecule has 3 N–H and O–H groups in total. The third kappa shape index (κ3) is 5.34. The maximum absolute atomic E-state index is 13.1. The molecule has 0 saturated carbocycles. The van der Waals surface area contributed by atoms with Gasteiger partial charge in [-0.1, -0.05) is 17.7 Å². The van der Waals surface area contributed by atoms with Crippen molar-refractivity contribution in [3.05, 3.63) is 28.8 Å². The van der Waals surface area contributed by atoms with E-state index < -0.39 is 23.9 Å². The van der Waals surface area contributed by atoms with Crippen LogP contribution in [0.25, 0.3) is 0 Å². The van der Waals surface area contributed by atoms with Crippen molar-refractivity contribution >= 4 is 23.4 Å². The van der Waals surface area contributed by atoms with Crippen LogP contribution in [-0.4, -0.2) is 17.9 Å². The number of rotatable bonds is 2. The molecule has 0 spiro atoms. The molecule has 0 unspecified atom stereocenters. The molecule has 0 heterocycles. The number of nitrogen functional groups attached to an aromatic ring is 1. The first-order valence-corrected chi connectivity index (χ1v) is 6.39. The SMILES string of the molecule is CC(C)(C)OC(=O)N[C@@H](c1ccc(N)cc1Cl)C(F)(F)F. The summed E-state index contributed by atoms with van der Waals surface area (Å²) in [5, 5.41) is 1.59. The smallest absolute Gasteiger partial charge is 0.413 e. The van der Waals surface area contributed by atoms with Crippen LogP contribution in [0.15, 0.2) is 18.2 Å². The normalized spacial score (nSPS) is 13.7. The number of anilines is 1. The van der Waals surface area contributed by atoms with Crippen LogP contribution in [0.2, 0.25) is 5.02 Å². The van der Waals surface area contributed by atoms with Crippen LogP contribution in [0.5, 0.6) is 0 Å². The largest absolute Gasteiger partial charge is 0.444 e. The minimum Gasteiger partial charge on any atom is -0.444 e. The number of halogens is 4. The number of amides is 1. The molecule has 1 amide bonds. The van der Waals surface area contributed by atoms with Crippen molar-refractivity contribution in [3.8, 4) is 0 Å². The zero-order chi connectivity index (χ0) is 16.4. The Morgan fingerprint density at radius 3 is 2.33 bits per heavy atom. The number of nitrogens with one attached hydrogen (secondary N) is 1. The Hall–Kier alpha value is -1.63. The summed E-state index contributed by atoms with van der Waals surface area (Å²) in [6, 6.07) is 1.30. The number of carbonyl (C=O) groups is 1. The van der Waals surface area contributed by atoms with Gasteiger partial charge in [-0.05, 0) is 32.9 Å². The summed E-state index contributed by atoms with van der Waals surface area (Å²) in [7, 11) is 0. The standard InChI is InChI=1S/C13H16ClF3N2O2/c1-12(2,3)21-11(20)19-10(13(15,16)17)8-5-4-7(18)6-9(8)14/h4-6,10H,18H2,1-3H3,(H,19,20)/t10-/m0/s1. The van der Waals surface area contributed by atoms with Crippen molar-refractivity contribution in [2.24, 2.45) is 0 Å². The van der Waals surface area contributed by atoms with E-state index >= 15 is 0 Å². The number of benzene rings is 1. The van der Waals surface area contributed by atoms with E-state index in [1.807, 2.05) is 0 Å². The molecule has 1 rings (SSSR count). The molecule has 1 aromatic rings. The lowest BCUT2D eigenvalue weighted by Gasteiger charge is -2.26. The van der Waals surface area contributed by atoms with Crippen LogP contribution >= 0.6 is 11.6 Å². The third-order valence-electron chi connectivity index (χ3n) is 2.32. The highest BCUT2D eigenvalue weighted by Crippen LogP contribution is 2.37. The molecular formula is C13H16ClF3N2O2. The number of carbonyl (C=O) groups excluding carboxylic acids is 1. The summed E-state index contributed by atoms with van der Waals surface area (Å²) in [4.78, 5) is 11.6. The molecule has 8 heteroatoms. The topological polar surface area (TPSA) is 64.3 Å². The van der Waals surface area contributed by atoms with Gasteiger partial charge < -0.3 is 15.8 Å². The molecule has 0 aliphatic heterocycles. The predicted molar refractivity (Wildman–Crippen MR) is 74.0 cm³/mol. The van der Waals surface area contributed by atoms with Crippen LogP contribution in [0.4, 0.5) is 23.7 Å². The first-order valence-electron chi connectivity index (χ1n) is 6.01. The first kappa shape index (κ1) is 17.4. The Bertz CT molecular complexity index is 527. The Balaban J connectivity index is 3.05. The van der Waals surface area contributed by atoms with Crippen molar-refractivity contribution in [2.75, 3.05) is 5.73 Å². The highest BCUT2D eigenvalue weighted by atomic mass is 35.5. The molecular weight excluding hydrogens is 309 g/mol. The Kier molecular flexibility index (Phi) is 4.99. The lowest BCUT2D eigenvalue weighted by Crippen LogP contribution is -2.41. The summed E-state index contributed by atoms with van der Waals surface area (Å²) in [5.74, 6) is 0. The fraction of sp³-hybridized carbons (Fsp3) is 0.462. The van der Waals surface area contributed by atoms with E-state index in [0.29, 0.717) is 0 Å². The molecule has 4 nitrogen and oxygen atoms in total. The maximum Gasteiger partial charge on any atom is 0.413 e. The van der Waals surface area contributed by atoms with Gasteiger partial charge in [0.1, 0.15) is 5.60 Å². The predicted octanol–water partition coefficient (Wildman–Crippen LogP) is 4.05. The van der Waals surface area contributed by atoms with Crippen molar-refractivity contribution < 1.29 is 22.7 Å². The first-order chi connectivity index (χ1) is 9.40. The summed E-state index contributed by atoms with van der Waals surface area (Å²) >= 11 is 5.77. The second-order valence-corrected chi connectivity index (χ2v) is 5.81. The van der Waals surface area contributed by atoms with Crippen LogP contribution in [0.1, 0.15) is 32.4 Å². The second-order valence-electron chi connectivity index (χ2n) is 5.40. The van der Waals surface area contributed by atoms with E-state index in [-0.39, 0.29) is 16.3 Å². The van der Waals surface area contributed by atoms with Crippen LogP contribution in [-0.2, 0) is 4.74 Å². The minimum absolute atomic E-state index is 0.187. The average Bonchev–Trinajstić information content (AvgIpc) is 2.22. The maximum atomic E-state index is 13.1. The summed E-state index contributed by atoms with van der Waals surface area (Å²) < 4.78 is 44.2. The van der Waals surface area contributed by atoms with E-state index in [1.54, 1.807) is 26.1 Å².